The van der Waals surface area contributed by atoms with Crippen LogP contribution in [0, 0.1) is 0 Å². The molecule has 24 heavy (non-hydrogen) atoms. The van der Waals surface area contributed by atoms with Crippen LogP contribution in [0.1, 0.15) is 24.1 Å². The standard InChI is InChI=1S/C18H21N5O/c19-17-16-15(22-18(20)23-17)11-8-13(21-16)7-10-14(24)9-6-12-4-2-1-3-5-12/h1-5,8,11,14,24H,6-7,9-10H2,(H4,19,20,22,23). The second-order valence-electron chi connectivity index (χ2n) is 5.85. The fourth-order valence-electron chi connectivity index (χ4n) is 2.67. The average molecular weight is 323 g/mol. The molecule has 124 valence electrons. The minimum absolute atomic E-state index is 0.144. The van der Waals surface area contributed by atoms with Crippen LogP contribution in [0.4, 0.5) is 11.8 Å². The van der Waals surface area contributed by atoms with Crippen molar-refractivity contribution in [2.45, 2.75) is 31.8 Å². The molecule has 0 amide bonds. The van der Waals surface area contributed by atoms with Crippen LogP contribution in [0.15, 0.2) is 42.5 Å². The van der Waals surface area contributed by atoms with Crippen LogP contribution in [0.2, 0.25) is 0 Å². The van der Waals surface area contributed by atoms with E-state index in [-0.39, 0.29) is 17.9 Å². The van der Waals surface area contributed by atoms with Crippen molar-refractivity contribution in [2.75, 3.05) is 11.5 Å². The van der Waals surface area contributed by atoms with Gasteiger partial charge in [-0.25, -0.2) is 9.97 Å². The molecule has 1 atom stereocenters. The third kappa shape index (κ3) is 3.97. The second-order valence-corrected chi connectivity index (χ2v) is 5.85. The molecule has 3 rings (SSSR count). The Kier molecular flexibility index (Phi) is 4.86. The number of pyridine rings is 1. The summed E-state index contributed by atoms with van der Waals surface area (Å²) in [6.07, 6.45) is 2.58. The fourth-order valence-corrected chi connectivity index (χ4v) is 2.67. The van der Waals surface area contributed by atoms with Crippen molar-refractivity contribution in [3.8, 4) is 0 Å². The first-order chi connectivity index (χ1) is 11.6. The van der Waals surface area contributed by atoms with Gasteiger partial charge in [-0.15, -0.1) is 0 Å². The van der Waals surface area contributed by atoms with E-state index < -0.39 is 0 Å². The Hall–Kier alpha value is -2.73. The lowest BCUT2D eigenvalue weighted by molar-refractivity contribution is 0.155. The zero-order chi connectivity index (χ0) is 16.9. The van der Waals surface area contributed by atoms with Gasteiger partial charge in [0.05, 0.1) is 11.6 Å². The summed E-state index contributed by atoms with van der Waals surface area (Å²) in [5.41, 5.74) is 14.7. The Morgan fingerprint density at radius 1 is 0.875 bits per heavy atom. The van der Waals surface area contributed by atoms with Crippen LogP contribution in [0.5, 0.6) is 0 Å². The summed E-state index contributed by atoms with van der Waals surface area (Å²) in [4.78, 5) is 12.5. The van der Waals surface area contributed by atoms with E-state index in [4.69, 9.17) is 11.5 Å². The molecule has 1 aromatic carbocycles. The monoisotopic (exact) mass is 323 g/mol. The van der Waals surface area contributed by atoms with Gasteiger partial charge in [0, 0.05) is 5.69 Å². The van der Waals surface area contributed by atoms with E-state index in [0.717, 1.165) is 18.5 Å². The number of nitrogen functional groups attached to an aromatic ring is 2. The minimum atomic E-state index is -0.359. The smallest absolute Gasteiger partial charge is 0.222 e. The minimum Gasteiger partial charge on any atom is -0.393 e. The molecule has 2 heterocycles. The van der Waals surface area contributed by atoms with Crippen molar-refractivity contribution >= 4 is 22.8 Å². The van der Waals surface area contributed by atoms with E-state index in [0.29, 0.717) is 23.9 Å². The highest BCUT2D eigenvalue weighted by molar-refractivity contribution is 5.84. The van der Waals surface area contributed by atoms with Gasteiger partial charge in [0.1, 0.15) is 5.52 Å². The Bertz CT molecular complexity index is 822. The lowest BCUT2D eigenvalue weighted by Gasteiger charge is -2.11. The first kappa shape index (κ1) is 16.1. The highest BCUT2D eigenvalue weighted by atomic mass is 16.3. The molecule has 6 nitrogen and oxygen atoms in total. The molecule has 0 saturated carbocycles. The second kappa shape index (κ2) is 7.23. The van der Waals surface area contributed by atoms with Gasteiger partial charge in [0.2, 0.25) is 5.95 Å². The summed E-state index contributed by atoms with van der Waals surface area (Å²) in [5, 5.41) is 10.2. The molecule has 0 fully saturated rings. The highest BCUT2D eigenvalue weighted by Gasteiger charge is 2.09. The topological polar surface area (TPSA) is 111 Å². The maximum absolute atomic E-state index is 10.2. The number of aliphatic hydroxyl groups is 1. The van der Waals surface area contributed by atoms with Crippen molar-refractivity contribution < 1.29 is 5.11 Å². The van der Waals surface area contributed by atoms with Gasteiger partial charge >= 0.3 is 0 Å². The molecular weight excluding hydrogens is 302 g/mol. The summed E-state index contributed by atoms with van der Waals surface area (Å²) < 4.78 is 0. The van der Waals surface area contributed by atoms with E-state index in [9.17, 15) is 5.11 Å². The molecule has 1 unspecified atom stereocenters. The number of aryl methyl sites for hydroxylation is 2. The number of nitrogens with zero attached hydrogens (tertiary/aromatic N) is 3. The van der Waals surface area contributed by atoms with Crippen LogP contribution < -0.4 is 11.5 Å². The van der Waals surface area contributed by atoms with Crippen molar-refractivity contribution in [1.29, 1.82) is 0 Å². The van der Waals surface area contributed by atoms with Crippen LogP contribution in [0.25, 0.3) is 11.0 Å². The third-order valence-corrected chi connectivity index (χ3v) is 3.99. The van der Waals surface area contributed by atoms with Gasteiger partial charge in [0.25, 0.3) is 0 Å². The quantitative estimate of drug-likeness (QED) is 0.641. The van der Waals surface area contributed by atoms with E-state index in [1.54, 1.807) is 0 Å². The number of fused-ring (bicyclic) bond motifs is 1. The predicted molar refractivity (Wildman–Crippen MR) is 95.2 cm³/mol. The molecule has 0 aliphatic heterocycles. The number of benzene rings is 1. The van der Waals surface area contributed by atoms with Crippen LogP contribution >= 0.6 is 0 Å². The maximum atomic E-state index is 10.2. The number of aromatic nitrogens is 3. The highest BCUT2D eigenvalue weighted by Crippen LogP contribution is 2.18. The third-order valence-electron chi connectivity index (χ3n) is 3.99. The van der Waals surface area contributed by atoms with Gasteiger partial charge in [0.15, 0.2) is 5.82 Å². The Morgan fingerprint density at radius 3 is 2.42 bits per heavy atom. The van der Waals surface area contributed by atoms with Crippen LogP contribution in [0.3, 0.4) is 0 Å². The molecular formula is C18H21N5O. The first-order valence-corrected chi connectivity index (χ1v) is 8.02. The SMILES string of the molecule is Nc1nc(N)c2nc(CCC(O)CCc3ccccc3)ccc2n1. The van der Waals surface area contributed by atoms with Gasteiger partial charge in [-0.2, -0.15) is 4.98 Å². The van der Waals surface area contributed by atoms with Crippen molar-refractivity contribution in [3.63, 3.8) is 0 Å². The lowest BCUT2D eigenvalue weighted by atomic mass is 10.0. The molecule has 0 spiro atoms. The van der Waals surface area contributed by atoms with Gasteiger partial charge in [-0.3, -0.25) is 0 Å². The Labute approximate surface area is 140 Å². The van der Waals surface area contributed by atoms with E-state index in [1.165, 1.54) is 5.56 Å². The molecule has 0 radical (unpaired) electrons. The number of anilines is 2. The Morgan fingerprint density at radius 2 is 1.62 bits per heavy atom. The number of hydrogen-bond donors (Lipinski definition) is 3. The number of hydrogen-bond acceptors (Lipinski definition) is 6. The largest absolute Gasteiger partial charge is 0.393 e. The first-order valence-electron chi connectivity index (χ1n) is 8.02. The maximum Gasteiger partial charge on any atom is 0.222 e. The van der Waals surface area contributed by atoms with Gasteiger partial charge in [-0.05, 0) is 43.4 Å². The zero-order valence-corrected chi connectivity index (χ0v) is 13.4. The van der Waals surface area contributed by atoms with E-state index >= 15 is 0 Å². The molecule has 5 N–H and O–H groups in total. The van der Waals surface area contributed by atoms with Gasteiger partial charge < -0.3 is 16.6 Å². The number of aliphatic hydroxyl groups excluding tert-OH is 1. The van der Waals surface area contributed by atoms with Crippen molar-refractivity contribution in [3.05, 3.63) is 53.7 Å². The molecule has 6 heteroatoms. The summed E-state index contributed by atoms with van der Waals surface area (Å²) in [7, 11) is 0. The summed E-state index contributed by atoms with van der Waals surface area (Å²) in [6, 6.07) is 13.9. The molecule has 0 saturated heterocycles. The zero-order valence-electron chi connectivity index (χ0n) is 13.4. The van der Waals surface area contributed by atoms with Crippen LogP contribution in [-0.2, 0) is 12.8 Å². The number of nitrogens with two attached hydrogens (primary N) is 2. The Balaban J connectivity index is 1.59. The summed E-state index contributed by atoms with van der Waals surface area (Å²) >= 11 is 0. The van der Waals surface area contributed by atoms with E-state index in [1.807, 2.05) is 30.3 Å². The van der Waals surface area contributed by atoms with Crippen LogP contribution in [-0.4, -0.2) is 26.2 Å². The summed E-state index contributed by atoms with van der Waals surface area (Å²) in [6.45, 7) is 0. The molecule has 0 bridgehead atoms. The van der Waals surface area contributed by atoms with Gasteiger partial charge in [-0.1, -0.05) is 30.3 Å². The summed E-state index contributed by atoms with van der Waals surface area (Å²) in [5.74, 6) is 0.426. The fraction of sp³-hybridized carbons (Fsp3) is 0.278. The van der Waals surface area contributed by atoms with Crippen molar-refractivity contribution in [2.24, 2.45) is 0 Å². The predicted octanol–water partition coefficient (Wildman–Crippen LogP) is 2.12. The molecule has 0 aliphatic rings. The van der Waals surface area contributed by atoms with E-state index in [2.05, 4.69) is 27.1 Å². The lowest BCUT2D eigenvalue weighted by Crippen LogP contribution is -2.10. The van der Waals surface area contributed by atoms with Crippen molar-refractivity contribution in [1.82, 2.24) is 15.0 Å². The normalized spacial score (nSPS) is 12.4. The molecule has 2 aromatic heterocycles. The molecule has 3 aromatic rings. The molecule has 0 aliphatic carbocycles. The number of rotatable bonds is 6. The average Bonchev–Trinajstić information content (AvgIpc) is 2.59.